The van der Waals surface area contributed by atoms with Gasteiger partial charge in [-0.05, 0) is 11.1 Å². The Balaban J connectivity index is 2.43. The molecule has 0 N–H and O–H groups in total. The van der Waals surface area contributed by atoms with Gasteiger partial charge in [0, 0.05) is 5.92 Å². The Morgan fingerprint density at radius 1 is 0.833 bits per heavy atom. The van der Waals surface area contributed by atoms with Crippen molar-refractivity contribution < 1.29 is 19.1 Å². The third-order valence-corrected chi connectivity index (χ3v) is 3.75. The minimum atomic E-state index is -1.05. The van der Waals surface area contributed by atoms with Gasteiger partial charge in [0.15, 0.2) is 5.92 Å². The fourth-order valence-electron chi connectivity index (χ4n) is 2.51. The lowest BCUT2D eigenvalue weighted by atomic mass is 9.85. The van der Waals surface area contributed by atoms with Crippen LogP contribution < -0.4 is 0 Å². The molecule has 4 nitrogen and oxygen atoms in total. The van der Waals surface area contributed by atoms with Crippen LogP contribution in [0.4, 0.5) is 0 Å². The molecule has 0 aliphatic rings. The zero-order valence-electron chi connectivity index (χ0n) is 13.7. The van der Waals surface area contributed by atoms with E-state index in [-0.39, 0.29) is 0 Å². The van der Waals surface area contributed by atoms with Crippen LogP contribution in [0.25, 0.3) is 6.08 Å². The number of hydrogen-bond donors (Lipinski definition) is 0. The van der Waals surface area contributed by atoms with Crippen molar-refractivity contribution in [3.63, 3.8) is 0 Å². The number of methoxy groups -OCH3 is 2. The first-order valence-electron chi connectivity index (χ1n) is 7.61. The molecule has 0 radical (unpaired) electrons. The first-order chi connectivity index (χ1) is 11.7. The number of esters is 2. The molecule has 4 heteroatoms. The van der Waals surface area contributed by atoms with E-state index in [9.17, 15) is 9.59 Å². The molecule has 1 atom stereocenters. The predicted octanol–water partition coefficient (Wildman–Crippen LogP) is 3.45. The highest BCUT2D eigenvalue weighted by Gasteiger charge is 2.36. The van der Waals surface area contributed by atoms with Crippen molar-refractivity contribution in [2.24, 2.45) is 5.92 Å². The monoisotopic (exact) mass is 324 g/mol. The van der Waals surface area contributed by atoms with E-state index in [1.165, 1.54) is 14.2 Å². The van der Waals surface area contributed by atoms with Gasteiger partial charge in [-0.2, -0.15) is 0 Å². The normalized spacial score (nSPS) is 12.1. The predicted molar refractivity (Wildman–Crippen MR) is 92.2 cm³/mol. The van der Waals surface area contributed by atoms with Crippen molar-refractivity contribution in [1.82, 2.24) is 0 Å². The van der Waals surface area contributed by atoms with Crippen molar-refractivity contribution in [2.75, 3.05) is 14.2 Å². The van der Waals surface area contributed by atoms with Gasteiger partial charge in [0.1, 0.15) is 0 Å². The Kier molecular flexibility index (Phi) is 6.32. The van der Waals surface area contributed by atoms with Gasteiger partial charge in [0.2, 0.25) is 0 Å². The standard InChI is InChI=1S/C20H20O4/c1-23-19(21)18(20(22)24-2)17(16-11-7-4-8-12-16)14-13-15-9-5-3-6-10-15/h3-14,17-18H,1-2H3/b14-13+. The molecule has 24 heavy (non-hydrogen) atoms. The maximum absolute atomic E-state index is 12.2. The Bertz CT molecular complexity index is 676. The Morgan fingerprint density at radius 3 is 1.83 bits per heavy atom. The zero-order valence-corrected chi connectivity index (χ0v) is 13.7. The van der Waals surface area contributed by atoms with Crippen molar-refractivity contribution in [2.45, 2.75) is 5.92 Å². The molecule has 2 aromatic rings. The van der Waals surface area contributed by atoms with Gasteiger partial charge in [-0.3, -0.25) is 9.59 Å². The molecule has 0 bridgehead atoms. The van der Waals surface area contributed by atoms with Crippen molar-refractivity contribution in [3.05, 3.63) is 77.9 Å². The van der Waals surface area contributed by atoms with Gasteiger partial charge in [0.05, 0.1) is 14.2 Å². The summed E-state index contributed by atoms with van der Waals surface area (Å²) < 4.78 is 9.63. The highest BCUT2D eigenvalue weighted by molar-refractivity contribution is 5.96. The van der Waals surface area contributed by atoms with E-state index >= 15 is 0 Å². The van der Waals surface area contributed by atoms with Crippen LogP contribution in [-0.4, -0.2) is 26.2 Å². The largest absolute Gasteiger partial charge is 0.468 e. The first kappa shape index (κ1) is 17.5. The third-order valence-electron chi connectivity index (χ3n) is 3.75. The number of hydrogen-bond acceptors (Lipinski definition) is 4. The number of benzene rings is 2. The van der Waals surface area contributed by atoms with E-state index in [1.807, 2.05) is 72.8 Å². The summed E-state index contributed by atoms with van der Waals surface area (Å²) in [6, 6.07) is 19.0. The highest BCUT2D eigenvalue weighted by atomic mass is 16.5. The smallest absolute Gasteiger partial charge is 0.321 e. The summed E-state index contributed by atoms with van der Waals surface area (Å²) in [6.07, 6.45) is 3.72. The summed E-state index contributed by atoms with van der Waals surface area (Å²) in [4.78, 5) is 24.4. The van der Waals surface area contributed by atoms with Crippen LogP contribution in [0.15, 0.2) is 66.7 Å². The topological polar surface area (TPSA) is 52.6 Å². The van der Waals surface area contributed by atoms with E-state index in [4.69, 9.17) is 9.47 Å². The molecule has 0 fully saturated rings. The Morgan fingerprint density at radius 2 is 1.33 bits per heavy atom. The van der Waals surface area contributed by atoms with Crippen LogP contribution in [-0.2, 0) is 19.1 Å². The maximum Gasteiger partial charge on any atom is 0.321 e. The van der Waals surface area contributed by atoms with E-state index in [0.29, 0.717) is 0 Å². The summed E-state index contributed by atoms with van der Waals surface area (Å²) in [5, 5.41) is 0. The highest BCUT2D eigenvalue weighted by Crippen LogP contribution is 2.29. The number of rotatable bonds is 6. The average molecular weight is 324 g/mol. The van der Waals surface area contributed by atoms with Gasteiger partial charge < -0.3 is 9.47 Å². The second-order valence-electron chi connectivity index (χ2n) is 5.23. The average Bonchev–Trinajstić information content (AvgIpc) is 2.65. The maximum atomic E-state index is 12.2. The summed E-state index contributed by atoms with van der Waals surface area (Å²) in [6.45, 7) is 0. The Labute approximate surface area is 141 Å². The molecule has 0 saturated carbocycles. The van der Waals surface area contributed by atoms with Gasteiger partial charge in [0.25, 0.3) is 0 Å². The summed E-state index contributed by atoms with van der Waals surface area (Å²) in [5.74, 6) is -2.77. The van der Waals surface area contributed by atoms with Gasteiger partial charge in [-0.15, -0.1) is 0 Å². The second-order valence-corrected chi connectivity index (χ2v) is 5.23. The van der Waals surface area contributed by atoms with Gasteiger partial charge in [-0.1, -0.05) is 72.8 Å². The molecule has 0 amide bonds. The van der Waals surface area contributed by atoms with Crippen molar-refractivity contribution in [3.8, 4) is 0 Å². The first-order valence-corrected chi connectivity index (χ1v) is 7.61. The fraction of sp³-hybridized carbons (Fsp3) is 0.200. The van der Waals surface area contributed by atoms with Crippen LogP contribution in [0, 0.1) is 5.92 Å². The minimum absolute atomic E-state index is 0.480. The van der Waals surface area contributed by atoms with E-state index in [0.717, 1.165) is 11.1 Å². The lowest BCUT2D eigenvalue weighted by molar-refractivity contribution is -0.159. The number of allylic oxidation sites excluding steroid dienone is 1. The zero-order chi connectivity index (χ0) is 17.4. The minimum Gasteiger partial charge on any atom is -0.468 e. The van der Waals surface area contributed by atoms with Crippen LogP contribution >= 0.6 is 0 Å². The third kappa shape index (κ3) is 4.32. The molecule has 124 valence electrons. The molecule has 0 aliphatic carbocycles. The van der Waals surface area contributed by atoms with Crippen LogP contribution in [0.5, 0.6) is 0 Å². The molecule has 0 heterocycles. The van der Waals surface area contributed by atoms with Gasteiger partial charge >= 0.3 is 11.9 Å². The van der Waals surface area contributed by atoms with Crippen molar-refractivity contribution >= 4 is 18.0 Å². The number of carbonyl (C=O) groups is 2. The number of carbonyl (C=O) groups excluding carboxylic acids is 2. The van der Waals surface area contributed by atoms with Crippen LogP contribution in [0.3, 0.4) is 0 Å². The molecule has 0 aliphatic heterocycles. The second kappa shape index (κ2) is 8.67. The summed E-state index contributed by atoms with van der Waals surface area (Å²) in [5.41, 5.74) is 1.82. The lowest BCUT2D eigenvalue weighted by Crippen LogP contribution is -2.31. The molecular weight excluding hydrogens is 304 g/mol. The molecule has 2 rings (SSSR count). The SMILES string of the molecule is COC(=O)C(C(=O)OC)C(/C=C/c1ccccc1)c1ccccc1. The van der Waals surface area contributed by atoms with Gasteiger partial charge in [-0.25, -0.2) is 0 Å². The van der Waals surface area contributed by atoms with Crippen molar-refractivity contribution in [1.29, 1.82) is 0 Å². The quantitative estimate of drug-likeness (QED) is 0.603. The fourth-order valence-corrected chi connectivity index (χ4v) is 2.51. The lowest BCUT2D eigenvalue weighted by Gasteiger charge is -2.21. The molecule has 2 aromatic carbocycles. The molecule has 0 aromatic heterocycles. The molecule has 0 saturated heterocycles. The summed E-state index contributed by atoms with van der Waals surface area (Å²) in [7, 11) is 2.53. The van der Waals surface area contributed by atoms with Crippen LogP contribution in [0.2, 0.25) is 0 Å². The van der Waals surface area contributed by atoms with E-state index in [1.54, 1.807) is 0 Å². The van der Waals surface area contributed by atoms with Crippen LogP contribution in [0.1, 0.15) is 17.0 Å². The summed E-state index contributed by atoms with van der Waals surface area (Å²) >= 11 is 0. The van der Waals surface area contributed by atoms with E-state index < -0.39 is 23.8 Å². The van der Waals surface area contributed by atoms with E-state index in [2.05, 4.69) is 0 Å². The molecule has 0 spiro atoms. The molecule has 1 unspecified atom stereocenters. The Hall–Kier alpha value is -2.88. The number of ether oxygens (including phenoxy) is 2. The molecular formula is C20H20O4.